The van der Waals surface area contributed by atoms with E-state index in [0.717, 1.165) is 61.7 Å². The number of carbonyl (C=O) groups excluding carboxylic acids is 1. The van der Waals surface area contributed by atoms with E-state index >= 15 is 0 Å². The van der Waals surface area contributed by atoms with Crippen LogP contribution >= 0.6 is 23.2 Å². The topological polar surface area (TPSA) is 97.8 Å². The quantitative estimate of drug-likeness (QED) is 0.174. The van der Waals surface area contributed by atoms with Gasteiger partial charge in [-0.25, -0.2) is 0 Å². The molecule has 0 bridgehead atoms. The third-order valence-electron chi connectivity index (χ3n) is 9.14. The second kappa shape index (κ2) is 13.9. The minimum absolute atomic E-state index is 0.125. The minimum atomic E-state index is -0.304. The molecule has 3 aliphatic rings. The average molecular weight is 691 g/mol. The van der Waals surface area contributed by atoms with Crippen LogP contribution in [-0.2, 0) is 9.53 Å². The van der Waals surface area contributed by atoms with Crippen molar-refractivity contribution in [3.63, 3.8) is 0 Å². The monoisotopic (exact) mass is 689 g/mol. The molecule has 0 aliphatic carbocycles. The Hall–Kier alpha value is -4.51. The highest BCUT2D eigenvalue weighted by atomic mass is 35.5. The van der Waals surface area contributed by atoms with Crippen LogP contribution in [-0.4, -0.2) is 71.8 Å². The predicted molar refractivity (Wildman–Crippen MR) is 193 cm³/mol. The Morgan fingerprint density at radius 2 is 1.81 bits per heavy atom. The van der Waals surface area contributed by atoms with Crippen LogP contribution < -0.4 is 29.3 Å². The van der Waals surface area contributed by atoms with Gasteiger partial charge in [0, 0.05) is 79.1 Å². The largest absolute Gasteiger partial charge is 0.496 e. The first-order valence-corrected chi connectivity index (χ1v) is 16.2. The van der Waals surface area contributed by atoms with Crippen LogP contribution in [0, 0.1) is 5.41 Å². The summed E-state index contributed by atoms with van der Waals surface area (Å²) in [4.78, 5) is 25.7. The molecule has 3 aromatic rings. The molecule has 1 amide bonds. The highest BCUT2D eigenvalue weighted by molar-refractivity contribution is 6.40. The van der Waals surface area contributed by atoms with Gasteiger partial charge in [0.25, 0.3) is 0 Å². The third kappa shape index (κ3) is 6.23. The number of rotatable bonds is 10. The van der Waals surface area contributed by atoms with Gasteiger partial charge < -0.3 is 34.1 Å². The van der Waals surface area contributed by atoms with Crippen molar-refractivity contribution in [2.75, 3.05) is 69.3 Å². The van der Waals surface area contributed by atoms with Gasteiger partial charge in [0.2, 0.25) is 5.91 Å². The van der Waals surface area contributed by atoms with E-state index in [0.29, 0.717) is 56.3 Å². The van der Waals surface area contributed by atoms with E-state index in [9.17, 15) is 4.79 Å². The number of nitrogens with zero attached hydrogens (tertiary/aromatic N) is 4. The van der Waals surface area contributed by atoms with Crippen LogP contribution in [0.25, 0.3) is 22.9 Å². The fourth-order valence-corrected chi connectivity index (χ4v) is 7.38. The summed E-state index contributed by atoms with van der Waals surface area (Å²) in [6.07, 6.45) is 10.5. The number of hydrogen-bond acceptors (Lipinski definition) is 9. The highest BCUT2D eigenvalue weighted by Gasteiger charge is 2.42. The smallest absolute Gasteiger partial charge is 0.247 e. The summed E-state index contributed by atoms with van der Waals surface area (Å²) in [5, 5.41) is 3.76. The summed E-state index contributed by atoms with van der Waals surface area (Å²) < 4.78 is 22.7. The van der Waals surface area contributed by atoms with Crippen LogP contribution in [0.3, 0.4) is 0 Å². The van der Waals surface area contributed by atoms with E-state index in [-0.39, 0.29) is 11.3 Å². The summed E-state index contributed by atoms with van der Waals surface area (Å²) in [7, 11) is 4.72. The number of ether oxygens (including phenoxy) is 4. The number of methoxy groups -OCH3 is 3. The molecule has 1 unspecified atom stereocenters. The Morgan fingerprint density at radius 3 is 2.46 bits per heavy atom. The number of aromatic nitrogens is 1. The maximum atomic E-state index is 12.6. The molecule has 1 N–H and O–H groups in total. The molecule has 6 rings (SSSR count). The zero-order chi connectivity index (χ0) is 34.0. The summed E-state index contributed by atoms with van der Waals surface area (Å²) in [5.74, 6) is 1.21. The van der Waals surface area contributed by atoms with Crippen LogP contribution in [0.4, 0.5) is 17.1 Å². The van der Waals surface area contributed by atoms with Crippen LogP contribution in [0.5, 0.6) is 17.2 Å². The Bertz CT molecular complexity index is 1810. The standard InChI is InChI=1S/C36H37Cl2N5O5/c1-6-32(44)41-26-14-24(29(45-3)16-28(26)43-10-7-36(20-43)8-12-48-21-36)25-15-27-22(18-40-25)13-23(19-42(27)11-9-39-2)33-34(37)30(46-4)17-31(47-5)35(33)38/h6,9,11,13-18H,1-2,7-8,10,12,19-21H2,3-5H3,(H,41,44)/b11-9-. The molecule has 3 aliphatic heterocycles. The van der Waals surface area contributed by atoms with Gasteiger partial charge in [-0.3, -0.25) is 14.8 Å². The van der Waals surface area contributed by atoms with Crippen LogP contribution in [0.1, 0.15) is 24.0 Å². The van der Waals surface area contributed by atoms with Crippen molar-refractivity contribution in [3.05, 3.63) is 76.7 Å². The molecule has 10 nitrogen and oxygen atoms in total. The van der Waals surface area contributed by atoms with Crippen molar-refractivity contribution in [2.24, 2.45) is 10.4 Å². The number of halogens is 2. The van der Waals surface area contributed by atoms with Crippen molar-refractivity contribution >= 4 is 64.5 Å². The molecule has 2 aromatic carbocycles. The SMILES string of the molecule is C=CC(=O)Nc1cc(-c2cc3c(cn2)C=C(c2c(Cl)c(OC)cc(OC)c2Cl)CN3/C=C\N=C)c(OC)cc1N1CCC2(CCOC2)C1. The average Bonchev–Trinajstić information content (AvgIpc) is 3.75. The Balaban J connectivity index is 1.45. The van der Waals surface area contributed by atoms with Gasteiger partial charge >= 0.3 is 0 Å². The van der Waals surface area contributed by atoms with E-state index in [2.05, 4.69) is 28.5 Å². The Morgan fingerprint density at radius 1 is 1.06 bits per heavy atom. The second-order valence-electron chi connectivity index (χ2n) is 11.9. The summed E-state index contributed by atoms with van der Waals surface area (Å²) >= 11 is 13.6. The molecular formula is C36H37Cl2N5O5. The number of anilines is 3. The molecule has 12 heteroatoms. The number of amides is 1. The molecule has 0 radical (unpaired) electrons. The molecule has 4 heterocycles. The number of aliphatic imine (C=N–C) groups is 1. The van der Waals surface area contributed by atoms with E-state index in [1.165, 1.54) is 6.08 Å². The summed E-state index contributed by atoms with van der Waals surface area (Å²) in [5.41, 5.74) is 6.12. The maximum Gasteiger partial charge on any atom is 0.247 e. The molecule has 250 valence electrons. The number of pyridine rings is 1. The Labute approximate surface area is 290 Å². The number of nitrogens with one attached hydrogen (secondary N) is 1. The lowest BCUT2D eigenvalue weighted by Gasteiger charge is -2.30. The number of fused-ring (bicyclic) bond motifs is 1. The van der Waals surface area contributed by atoms with Crippen molar-refractivity contribution in [1.82, 2.24) is 4.98 Å². The van der Waals surface area contributed by atoms with Crippen LogP contribution in [0.15, 0.2) is 60.5 Å². The molecule has 0 saturated carbocycles. The first-order chi connectivity index (χ1) is 23.2. The fraction of sp³-hybridized carbons (Fsp3) is 0.306. The minimum Gasteiger partial charge on any atom is -0.496 e. The summed E-state index contributed by atoms with van der Waals surface area (Å²) in [6.45, 7) is 10.9. The lowest BCUT2D eigenvalue weighted by atomic mass is 9.87. The highest BCUT2D eigenvalue weighted by Crippen LogP contribution is 2.48. The zero-order valence-electron chi connectivity index (χ0n) is 27.1. The van der Waals surface area contributed by atoms with Crippen molar-refractivity contribution in [1.29, 1.82) is 0 Å². The molecule has 1 aromatic heterocycles. The molecule has 2 saturated heterocycles. The number of benzene rings is 2. The summed E-state index contributed by atoms with van der Waals surface area (Å²) in [6, 6.07) is 7.52. The van der Waals surface area contributed by atoms with E-state index in [4.69, 9.17) is 47.1 Å². The predicted octanol–water partition coefficient (Wildman–Crippen LogP) is 7.35. The number of hydrogen-bond donors (Lipinski definition) is 1. The lowest BCUT2D eigenvalue weighted by Crippen LogP contribution is -2.28. The van der Waals surface area contributed by atoms with Gasteiger partial charge in [-0.05, 0) is 49.4 Å². The van der Waals surface area contributed by atoms with Crippen LogP contribution in [0.2, 0.25) is 10.0 Å². The van der Waals surface area contributed by atoms with Gasteiger partial charge in [-0.1, -0.05) is 29.8 Å². The lowest BCUT2D eigenvalue weighted by molar-refractivity contribution is -0.111. The molecule has 1 atom stereocenters. The van der Waals surface area contributed by atoms with Gasteiger partial charge in [-0.15, -0.1) is 0 Å². The van der Waals surface area contributed by atoms with Gasteiger partial charge in [0.1, 0.15) is 17.2 Å². The third-order valence-corrected chi connectivity index (χ3v) is 9.89. The van der Waals surface area contributed by atoms with Gasteiger partial charge in [0.15, 0.2) is 0 Å². The van der Waals surface area contributed by atoms with E-state index in [1.807, 2.05) is 35.4 Å². The fourth-order valence-electron chi connectivity index (χ4n) is 6.64. The molecular weight excluding hydrogens is 653 g/mol. The zero-order valence-corrected chi connectivity index (χ0v) is 28.7. The first-order valence-electron chi connectivity index (χ1n) is 15.4. The molecule has 1 spiro atoms. The van der Waals surface area contributed by atoms with Crippen molar-refractivity contribution in [3.8, 4) is 28.5 Å². The van der Waals surface area contributed by atoms with E-state index < -0.39 is 0 Å². The maximum absolute atomic E-state index is 12.6. The van der Waals surface area contributed by atoms with Crippen molar-refractivity contribution < 1.29 is 23.7 Å². The second-order valence-corrected chi connectivity index (χ2v) is 12.7. The molecule has 2 fully saturated rings. The normalized spacial score (nSPS) is 18.6. The van der Waals surface area contributed by atoms with Crippen molar-refractivity contribution in [2.45, 2.75) is 12.8 Å². The molecule has 48 heavy (non-hydrogen) atoms. The first kappa shape index (κ1) is 33.4. The van der Waals surface area contributed by atoms with Gasteiger partial charge in [0.05, 0.1) is 60.7 Å². The number of carbonyl (C=O) groups is 1. The van der Waals surface area contributed by atoms with Gasteiger partial charge in [-0.2, -0.15) is 0 Å². The Kier molecular flexibility index (Phi) is 9.68. The van der Waals surface area contributed by atoms with E-state index in [1.54, 1.807) is 39.8 Å².